The summed E-state index contributed by atoms with van der Waals surface area (Å²) >= 11 is 13.3. The lowest BCUT2D eigenvalue weighted by Crippen LogP contribution is -2.25. The number of thioether (sulfide) groups is 1. The minimum Gasteiger partial charge on any atom is -0.327 e. The highest BCUT2D eigenvalue weighted by molar-refractivity contribution is 7.99. The molecule has 0 radical (unpaired) electrons. The van der Waals surface area contributed by atoms with Crippen LogP contribution in [0.3, 0.4) is 0 Å². The lowest BCUT2D eigenvalue weighted by atomic mass is 10.1. The predicted octanol–water partition coefficient (Wildman–Crippen LogP) is 4.79. The van der Waals surface area contributed by atoms with Gasteiger partial charge in [-0.1, -0.05) is 29.3 Å². The van der Waals surface area contributed by atoms with Gasteiger partial charge in [0.1, 0.15) is 5.82 Å². The van der Waals surface area contributed by atoms with E-state index in [0.29, 0.717) is 6.42 Å². The quantitative estimate of drug-likeness (QED) is 0.798. The van der Waals surface area contributed by atoms with Gasteiger partial charge in [-0.05, 0) is 48.4 Å². The Labute approximate surface area is 132 Å². The fourth-order valence-electron chi connectivity index (χ4n) is 1.76. The number of hydrogen-bond acceptors (Lipinski definition) is 2. The van der Waals surface area contributed by atoms with Gasteiger partial charge in [0.25, 0.3) is 0 Å². The molecule has 0 aliphatic heterocycles. The molecule has 2 rings (SSSR count). The maximum Gasteiger partial charge on any atom is 0.141 e. The van der Waals surface area contributed by atoms with Crippen LogP contribution in [-0.4, -0.2) is 11.8 Å². The molecule has 2 aromatic rings. The second-order valence-corrected chi connectivity index (χ2v) is 6.41. The van der Waals surface area contributed by atoms with Crippen molar-refractivity contribution < 1.29 is 4.39 Å². The van der Waals surface area contributed by atoms with Gasteiger partial charge in [-0.3, -0.25) is 0 Å². The number of halogens is 3. The summed E-state index contributed by atoms with van der Waals surface area (Å²) in [6.07, 6.45) is 0.667. The topological polar surface area (TPSA) is 26.0 Å². The molecule has 0 saturated carbocycles. The molecule has 0 fully saturated rings. The van der Waals surface area contributed by atoms with E-state index in [2.05, 4.69) is 0 Å². The zero-order valence-corrected chi connectivity index (χ0v) is 13.0. The highest BCUT2D eigenvalue weighted by Gasteiger charge is 2.07. The van der Waals surface area contributed by atoms with Crippen LogP contribution in [0.1, 0.15) is 5.56 Å². The van der Waals surface area contributed by atoms with Gasteiger partial charge in [0.15, 0.2) is 0 Å². The molecule has 0 bridgehead atoms. The van der Waals surface area contributed by atoms with Crippen molar-refractivity contribution in [3.63, 3.8) is 0 Å². The number of benzene rings is 2. The van der Waals surface area contributed by atoms with Gasteiger partial charge in [-0.2, -0.15) is 0 Å². The van der Waals surface area contributed by atoms with E-state index in [9.17, 15) is 4.39 Å². The molecule has 0 aromatic heterocycles. The van der Waals surface area contributed by atoms with Crippen molar-refractivity contribution in [1.29, 1.82) is 0 Å². The Morgan fingerprint density at radius 3 is 2.45 bits per heavy atom. The van der Waals surface area contributed by atoms with Gasteiger partial charge in [0.05, 0.1) is 5.02 Å². The van der Waals surface area contributed by atoms with Crippen molar-refractivity contribution in [1.82, 2.24) is 0 Å². The summed E-state index contributed by atoms with van der Waals surface area (Å²) in [5, 5.41) is 0.861. The van der Waals surface area contributed by atoms with Gasteiger partial charge in [0.2, 0.25) is 0 Å². The maximum atomic E-state index is 13.1. The van der Waals surface area contributed by atoms with Crippen LogP contribution < -0.4 is 5.73 Å². The molecule has 0 amide bonds. The van der Waals surface area contributed by atoms with Gasteiger partial charge in [-0.15, -0.1) is 11.8 Å². The Hall–Kier alpha value is -0.740. The van der Waals surface area contributed by atoms with E-state index in [0.717, 1.165) is 21.2 Å². The van der Waals surface area contributed by atoms with Crippen LogP contribution in [0.5, 0.6) is 0 Å². The SMILES string of the molecule is NC(CSc1ccc(Cl)cc1)Cc1ccc(F)c(Cl)c1. The van der Waals surface area contributed by atoms with Crippen LogP contribution in [0.2, 0.25) is 10.0 Å². The summed E-state index contributed by atoms with van der Waals surface area (Å²) in [5.74, 6) is 0.371. The van der Waals surface area contributed by atoms with E-state index < -0.39 is 5.82 Å². The standard InChI is InChI=1S/C15H14Cl2FNS/c16-11-2-4-13(5-3-11)20-9-12(19)7-10-1-6-15(18)14(17)8-10/h1-6,8,12H,7,9,19H2. The third kappa shape index (κ3) is 4.67. The average molecular weight is 330 g/mol. The van der Waals surface area contributed by atoms with Crippen molar-refractivity contribution in [2.45, 2.75) is 17.4 Å². The van der Waals surface area contributed by atoms with E-state index in [1.165, 1.54) is 6.07 Å². The molecule has 1 atom stereocenters. The monoisotopic (exact) mass is 329 g/mol. The first-order valence-corrected chi connectivity index (χ1v) is 7.86. The van der Waals surface area contributed by atoms with Crippen LogP contribution in [0.4, 0.5) is 4.39 Å². The lowest BCUT2D eigenvalue weighted by molar-refractivity contribution is 0.626. The Morgan fingerprint density at radius 2 is 1.80 bits per heavy atom. The largest absolute Gasteiger partial charge is 0.327 e. The average Bonchev–Trinajstić information content (AvgIpc) is 2.42. The first-order valence-electron chi connectivity index (χ1n) is 6.12. The molecule has 2 N–H and O–H groups in total. The summed E-state index contributed by atoms with van der Waals surface area (Å²) in [6, 6.07) is 12.3. The second kappa shape index (κ2) is 7.32. The first kappa shape index (κ1) is 15.6. The molecule has 0 saturated heterocycles. The molecule has 5 heteroatoms. The summed E-state index contributed by atoms with van der Waals surface area (Å²) < 4.78 is 13.1. The Morgan fingerprint density at radius 1 is 1.10 bits per heavy atom. The van der Waals surface area contributed by atoms with Crippen LogP contribution in [0, 0.1) is 5.82 Å². The summed E-state index contributed by atoms with van der Waals surface area (Å²) in [5.41, 5.74) is 7.03. The van der Waals surface area contributed by atoms with Crippen molar-refractivity contribution in [2.24, 2.45) is 5.73 Å². The Bertz CT molecular complexity index is 575. The zero-order valence-electron chi connectivity index (χ0n) is 10.7. The van der Waals surface area contributed by atoms with E-state index in [4.69, 9.17) is 28.9 Å². The van der Waals surface area contributed by atoms with Gasteiger partial charge < -0.3 is 5.73 Å². The van der Waals surface area contributed by atoms with Crippen LogP contribution >= 0.6 is 35.0 Å². The number of rotatable bonds is 5. The fraction of sp³-hybridized carbons (Fsp3) is 0.200. The van der Waals surface area contributed by atoms with Crippen molar-refractivity contribution in [2.75, 3.05) is 5.75 Å². The van der Waals surface area contributed by atoms with Gasteiger partial charge in [-0.25, -0.2) is 4.39 Å². The fourth-order valence-corrected chi connectivity index (χ4v) is 2.94. The molecule has 0 aliphatic rings. The number of nitrogens with two attached hydrogens (primary N) is 1. The molecule has 106 valence electrons. The molecule has 2 aromatic carbocycles. The van der Waals surface area contributed by atoms with Crippen LogP contribution in [0.15, 0.2) is 47.4 Å². The molecule has 0 aliphatic carbocycles. The van der Waals surface area contributed by atoms with E-state index in [1.54, 1.807) is 23.9 Å². The molecule has 20 heavy (non-hydrogen) atoms. The molecule has 1 unspecified atom stereocenters. The van der Waals surface area contributed by atoms with Gasteiger partial charge in [0, 0.05) is 21.7 Å². The van der Waals surface area contributed by atoms with E-state index in [1.807, 2.05) is 24.3 Å². The summed E-state index contributed by atoms with van der Waals surface area (Å²) in [6.45, 7) is 0. The molecule has 0 heterocycles. The molecule has 0 spiro atoms. The molecular formula is C15H14Cl2FNS. The summed E-state index contributed by atoms with van der Waals surface area (Å²) in [4.78, 5) is 1.13. The molecule has 1 nitrogen and oxygen atoms in total. The predicted molar refractivity (Wildman–Crippen MR) is 85.3 cm³/mol. The smallest absolute Gasteiger partial charge is 0.141 e. The zero-order chi connectivity index (χ0) is 14.5. The number of hydrogen-bond donors (Lipinski definition) is 1. The minimum absolute atomic E-state index is 0.0165. The van der Waals surface area contributed by atoms with Crippen molar-refractivity contribution in [3.8, 4) is 0 Å². The summed E-state index contributed by atoms with van der Waals surface area (Å²) in [7, 11) is 0. The van der Waals surface area contributed by atoms with Gasteiger partial charge >= 0.3 is 0 Å². The lowest BCUT2D eigenvalue weighted by Gasteiger charge is -2.12. The maximum absolute atomic E-state index is 13.1. The normalized spacial score (nSPS) is 12.4. The highest BCUT2D eigenvalue weighted by Crippen LogP contribution is 2.22. The Balaban J connectivity index is 1.87. The van der Waals surface area contributed by atoms with Crippen molar-refractivity contribution in [3.05, 3.63) is 63.9 Å². The Kier molecular flexibility index (Phi) is 5.73. The van der Waals surface area contributed by atoms with E-state index in [-0.39, 0.29) is 11.1 Å². The van der Waals surface area contributed by atoms with Crippen LogP contribution in [0.25, 0.3) is 0 Å². The van der Waals surface area contributed by atoms with Crippen LogP contribution in [-0.2, 0) is 6.42 Å². The minimum atomic E-state index is -0.403. The van der Waals surface area contributed by atoms with Crippen molar-refractivity contribution >= 4 is 35.0 Å². The second-order valence-electron chi connectivity index (χ2n) is 4.48. The first-order chi connectivity index (χ1) is 9.54. The third-order valence-electron chi connectivity index (χ3n) is 2.76. The van der Waals surface area contributed by atoms with E-state index >= 15 is 0 Å². The molecular weight excluding hydrogens is 316 g/mol. The highest BCUT2D eigenvalue weighted by atomic mass is 35.5. The third-order valence-corrected chi connectivity index (χ3v) is 4.50.